The van der Waals surface area contributed by atoms with Gasteiger partial charge in [0.1, 0.15) is 12.4 Å². The maximum absolute atomic E-state index is 9.30. The molecule has 3 heterocycles. The Morgan fingerprint density at radius 1 is 1.12 bits per heavy atom. The highest BCUT2D eigenvalue weighted by atomic mass is 35.5. The lowest BCUT2D eigenvalue weighted by Gasteiger charge is -2.28. The molecule has 0 spiro atoms. The van der Waals surface area contributed by atoms with Gasteiger partial charge in [-0.05, 0) is 24.3 Å². The van der Waals surface area contributed by atoms with Crippen LogP contribution in [0.1, 0.15) is 5.82 Å². The summed E-state index contributed by atoms with van der Waals surface area (Å²) in [4.78, 5) is 15.4. The van der Waals surface area contributed by atoms with Crippen LogP contribution in [0.25, 0.3) is 16.9 Å². The first-order valence-electron chi connectivity index (χ1n) is 7.63. The largest absolute Gasteiger partial charge is 0.352 e. The summed E-state index contributed by atoms with van der Waals surface area (Å²) in [7, 11) is 0. The zero-order chi connectivity index (χ0) is 16.5. The van der Waals surface area contributed by atoms with Crippen LogP contribution in [-0.2, 0) is 0 Å². The van der Waals surface area contributed by atoms with Crippen LogP contribution >= 0.6 is 11.6 Å². The summed E-state index contributed by atoms with van der Waals surface area (Å²) in [5.74, 6) is 0.859. The van der Waals surface area contributed by atoms with Crippen LogP contribution in [0.5, 0.6) is 0 Å². The van der Waals surface area contributed by atoms with Gasteiger partial charge in [-0.2, -0.15) is 15.2 Å². The number of halogens is 1. The van der Waals surface area contributed by atoms with E-state index in [0.717, 1.165) is 31.9 Å². The number of hydrogen-bond acceptors (Lipinski definition) is 6. The Morgan fingerprint density at radius 3 is 2.58 bits per heavy atom. The molecule has 0 aliphatic carbocycles. The van der Waals surface area contributed by atoms with Crippen LogP contribution < -0.4 is 10.2 Å². The second-order valence-corrected chi connectivity index (χ2v) is 5.92. The molecule has 1 aliphatic heterocycles. The van der Waals surface area contributed by atoms with Gasteiger partial charge in [-0.25, -0.2) is 4.98 Å². The summed E-state index contributed by atoms with van der Waals surface area (Å²) in [6.07, 6.45) is 1.70. The average molecular weight is 340 g/mol. The Kier molecular flexibility index (Phi) is 3.76. The molecule has 1 N–H and O–H groups in total. The van der Waals surface area contributed by atoms with E-state index >= 15 is 0 Å². The summed E-state index contributed by atoms with van der Waals surface area (Å²) in [6, 6.07) is 9.46. The maximum Gasteiger partial charge on any atom is 0.236 e. The molecule has 24 heavy (non-hydrogen) atoms. The van der Waals surface area contributed by atoms with Crippen LogP contribution in [0, 0.1) is 11.3 Å². The van der Waals surface area contributed by atoms with Gasteiger partial charge >= 0.3 is 0 Å². The van der Waals surface area contributed by atoms with E-state index in [2.05, 4.69) is 25.2 Å². The summed E-state index contributed by atoms with van der Waals surface area (Å²) >= 11 is 5.96. The van der Waals surface area contributed by atoms with Crippen LogP contribution in [-0.4, -0.2) is 45.7 Å². The lowest BCUT2D eigenvalue weighted by Crippen LogP contribution is -2.44. The van der Waals surface area contributed by atoms with Crippen molar-refractivity contribution in [3.05, 3.63) is 41.4 Å². The minimum Gasteiger partial charge on any atom is -0.352 e. The number of fused-ring (bicyclic) bond motifs is 1. The number of nitriles is 1. The van der Waals surface area contributed by atoms with E-state index in [1.165, 1.54) is 0 Å². The van der Waals surface area contributed by atoms with Crippen LogP contribution in [0.3, 0.4) is 0 Å². The standard InChI is InChI=1S/C16H14ClN7/c17-11-1-3-12(4-2-11)24-10-20-14-15(23-7-5-19-6-8-23)21-13(9-18)22-16(14)24/h1-4,10,19H,5-8H2. The van der Waals surface area contributed by atoms with Gasteiger partial charge in [0.25, 0.3) is 0 Å². The monoisotopic (exact) mass is 339 g/mol. The number of rotatable bonds is 2. The Labute approximate surface area is 143 Å². The average Bonchev–Trinajstić information content (AvgIpc) is 3.06. The number of anilines is 1. The normalized spacial score (nSPS) is 14.8. The van der Waals surface area contributed by atoms with Gasteiger partial charge in [0.05, 0.1) is 0 Å². The smallest absolute Gasteiger partial charge is 0.236 e. The number of benzene rings is 1. The molecule has 0 bridgehead atoms. The minimum absolute atomic E-state index is 0.145. The molecule has 1 aliphatic rings. The number of hydrogen-bond donors (Lipinski definition) is 1. The third-order valence-electron chi connectivity index (χ3n) is 4.00. The van der Waals surface area contributed by atoms with Crippen molar-refractivity contribution in [3.8, 4) is 11.8 Å². The molecule has 1 saturated heterocycles. The van der Waals surface area contributed by atoms with Crippen molar-refractivity contribution in [2.45, 2.75) is 0 Å². The van der Waals surface area contributed by atoms with Crippen LogP contribution in [0.15, 0.2) is 30.6 Å². The first-order chi connectivity index (χ1) is 11.8. The highest BCUT2D eigenvalue weighted by Crippen LogP contribution is 2.25. The molecule has 8 heteroatoms. The van der Waals surface area contributed by atoms with Crippen LogP contribution in [0.4, 0.5) is 5.82 Å². The molecule has 1 fully saturated rings. The molecule has 2 aromatic heterocycles. The topological polar surface area (TPSA) is 82.7 Å². The number of piperazine rings is 1. The van der Waals surface area contributed by atoms with Gasteiger partial charge in [0, 0.05) is 36.9 Å². The quantitative estimate of drug-likeness (QED) is 0.766. The SMILES string of the molecule is N#Cc1nc(N2CCNCC2)c2ncn(-c3ccc(Cl)cc3)c2n1. The van der Waals surface area contributed by atoms with Crippen molar-refractivity contribution in [3.63, 3.8) is 0 Å². The van der Waals surface area contributed by atoms with Gasteiger partial charge in [-0.15, -0.1) is 0 Å². The molecule has 0 amide bonds. The van der Waals surface area contributed by atoms with Crippen molar-refractivity contribution in [2.75, 3.05) is 31.1 Å². The molecule has 4 rings (SSSR count). The lowest BCUT2D eigenvalue weighted by atomic mass is 10.3. The summed E-state index contributed by atoms with van der Waals surface area (Å²) in [5.41, 5.74) is 2.21. The van der Waals surface area contributed by atoms with E-state index in [9.17, 15) is 5.26 Å². The van der Waals surface area contributed by atoms with Crippen molar-refractivity contribution in [1.82, 2.24) is 24.8 Å². The first kappa shape index (κ1) is 14.9. The van der Waals surface area contributed by atoms with Gasteiger partial charge in [0.2, 0.25) is 5.82 Å². The number of imidazole rings is 1. The zero-order valence-electron chi connectivity index (χ0n) is 12.8. The Bertz CT molecular complexity index is 920. The number of nitrogens with one attached hydrogen (secondary N) is 1. The van der Waals surface area contributed by atoms with E-state index in [1.807, 2.05) is 34.9 Å². The van der Waals surface area contributed by atoms with Crippen molar-refractivity contribution in [2.24, 2.45) is 0 Å². The van der Waals surface area contributed by atoms with Crippen molar-refractivity contribution < 1.29 is 0 Å². The fraction of sp³-hybridized carbons (Fsp3) is 0.250. The highest BCUT2D eigenvalue weighted by molar-refractivity contribution is 6.30. The molecule has 120 valence electrons. The summed E-state index contributed by atoms with van der Waals surface area (Å²) < 4.78 is 1.85. The Balaban J connectivity index is 1.89. The Morgan fingerprint density at radius 2 is 1.88 bits per heavy atom. The zero-order valence-corrected chi connectivity index (χ0v) is 13.5. The minimum atomic E-state index is 0.145. The second kappa shape index (κ2) is 6.07. The van der Waals surface area contributed by atoms with Gasteiger partial charge < -0.3 is 10.2 Å². The molecule has 0 saturated carbocycles. The predicted octanol–water partition coefficient (Wildman–Crippen LogP) is 1.75. The molecule has 0 radical (unpaired) electrons. The third kappa shape index (κ3) is 2.56. The maximum atomic E-state index is 9.30. The van der Waals surface area contributed by atoms with E-state index in [-0.39, 0.29) is 5.82 Å². The Hall–Kier alpha value is -2.69. The first-order valence-corrected chi connectivity index (χ1v) is 8.01. The van der Waals surface area contributed by atoms with E-state index < -0.39 is 0 Å². The third-order valence-corrected chi connectivity index (χ3v) is 4.25. The van der Waals surface area contributed by atoms with Gasteiger partial charge in [-0.3, -0.25) is 4.57 Å². The van der Waals surface area contributed by atoms with E-state index in [0.29, 0.717) is 22.0 Å². The molecule has 0 atom stereocenters. The van der Waals surface area contributed by atoms with Crippen molar-refractivity contribution >= 4 is 28.6 Å². The fourth-order valence-corrected chi connectivity index (χ4v) is 2.95. The van der Waals surface area contributed by atoms with E-state index in [4.69, 9.17) is 11.6 Å². The van der Waals surface area contributed by atoms with E-state index in [1.54, 1.807) is 6.33 Å². The molecular weight excluding hydrogens is 326 g/mol. The number of aromatic nitrogens is 4. The second-order valence-electron chi connectivity index (χ2n) is 5.48. The molecule has 3 aromatic rings. The lowest BCUT2D eigenvalue weighted by molar-refractivity contribution is 0.585. The fourth-order valence-electron chi connectivity index (χ4n) is 2.82. The predicted molar refractivity (Wildman–Crippen MR) is 91.5 cm³/mol. The summed E-state index contributed by atoms with van der Waals surface area (Å²) in [5, 5.41) is 13.3. The van der Waals surface area contributed by atoms with Gasteiger partial charge in [0.15, 0.2) is 17.0 Å². The molecule has 7 nitrogen and oxygen atoms in total. The molecule has 1 aromatic carbocycles. The van der Waals surface area contributed by atoms with Crippen LogP contribution in [0.2, 0.25) is 5.02 Å². The molecular formula is C16H14ClN7. The van der Waals surface area contributed by atoms with Crippen molar-refractivity contribution in [1.29, 1.82) is 5.26 Å². The number of nitrogens with zero attached hydrogens (tertiary/aromatic N) is 6. The van der Waals surface area contributed by atoms with Gasteiger partial charge in [-0.1, -0.05) is 11.6 Å². The molecule has 0 unspecified atom stereocenters. The summed E-state index contributed by atoms with van der Waals surface area (Å²) in [6.45, 7) is 3.41. The highest BCUT2D eigenvalue weighted by Gasteiger charge is 2.20.